The Hall–Kier alpha value is -8.21. The van der Waals surface area contributed by atoms with Crippen molar-refractivity contribution in [1.82, 2.24) is 15.3 Å². The van der Waals surface area contributed by atoms with Crippen molar-refractivity contribution in [2.24, 2.45) is 0 Å². The van der Waals surface area contributed by atoms with E-state index in [1.807, 2.05) is 54.6 Å². The van der Waals surface area contributed by atoms with Crippen molar-refractivity contribution in [2.75, 3.05) is 0 Å². The molecule has 0 saturated carbocycles. The standard InChI is InChI=1S/C57H38N4/c58-55(39-21-8-3-9-22-39)54(38-19-6-2-7-20-38)56-44-26-11-10-23-40(44)35-51(59-56)41-24-16-25-43(33-41)57-60-52(37-17-4-1-5-18-37)36-53(61-57)42-31-32-49-47-29-13-12-27-45(47)46-28-14-15-30-48(46)50(49)34-42/h1-36,58-59H/b56-54-,58-55?. The number of aromatic nitrogens is 2. The summed E-state index contributed by atoms with van der Waals surface area (Å²) >= 11 is 0. The van der Waals surface area contributed by atoms with Gasteiger partial charge in [-0.1, -0.05) is 194 Å². The molecule has 4 nitrogen and oxygen atoms in total. The molecule has 286 valence electrons. The highest BCUT2D eigenvalue weighted by Gasteiger charge is 2.24. The number of hydrogen-bond donors (Lipinski definition) is 2. The molecule has 9 aromatic carbocycles. The van der Waals surface area contributed by atoms with Crippen molar-refractivity contribution in [3.8, 4) is 33.9 Å². The minimum Gasteiger partial charge on any atom is -0.354 e. The van der Waals surface area contributed by atoms with Crippen LogP contribution in [0.25, 0.3) is 89.3 Å². The Balaban J connectivity index is 1.06. The summed E-state index contributed by atoms with van der Waals surface area (Å²) in [5, 5.41) is 20.8. The lowest BCUT2D eigenvalue weighted by molar-refractivity contribution is 1.18. The minimum absolute atomic E-state index is 0.452. The van der Waals surface area contributed by atoms with Gasteiger partial charge in [-0.3, -0.25) is 5.41 Å². The van der Waals surface area contributed by atoms with Crippen LogP contribution in [0.5, 0.6) is 0 Å². The van der Waals surface area contributed by atoms with E-state index in [4.69, 9.17) is 9.97 Å². The van der Waals surface area contributed by atoms with Crippen molar-refractivity contribution < 1.29 is 0 Å². The van der Waals surface area contributed by atoms with E-state index in [1.54, 1.807) is 0 Å². The lowest BCUT2D eigenvalue weighted by Gasteiger charge is -2.26. The Kier molecular flexibility index (Phi) is 8.94. The molecule has 61 heavy (non-hydrogen) atoms. The first-order chi connectivity index (χ1) is 30.2. The Morgan fingerprint density at radius 2 is 0.918 bits per heavy atom. The lowest BCUT2D eigenvalue weighted by Crippen LogP contribution is -2.20. The van der Waals surface area contributed by atoms with E-state index in [0.29, 0.717) is 11.5 Å². The predicted octanol–water partition coefficient (Wildman–Crippen LogP) is 14.0. The molecule has 1 aliphatic heterocycles. The van der Waals surface area contributed by atoms with Crippen LogP contribution in [0, 0.1) is 5.41 Å². The quantitative estimate of drug-likeness (QED) is 0.125. The summed E-state index contributed by atoms with van der Waals surface area (Å²) in [6.45, 7) is 0. The molecule has 2 N–H and O–H groups in total. The van der Waals surface area contributed by atoms with Crippen LogP contribution in [0.2, 0.25) is 0 Å². The molecule has 1 aromatic heterocycles. The molecule has 0 bridgehead atoms. The van der Waals surface area contributed by atoms with Gasteiger partial charge in [-0.25, -0.2) is 9.97 Å². The second-order valence-corrected chi connectivity index (χ2v) is 15.4. The number of allylic oxidation sites excluding steroid dienone is 1. The van der Waals surface area contributed by atoms with Crippen LogP contribution in [0.3, 0.4) is 0 Å². The average molecular weight is 779 g/mol. The summed E-state index contributed by atoms with van der Waals surface area (Å²) < 4.78 is 0. The van der Waals surface area contributed by atoms with Crippen LogP contribution >= 0.6 is 0 Å². The topological polar surface area (TPSA) is 61.7 Å². The van der Waals surface area contributed by atoms with Gasteiger partial charge in [-0.2, -0.15) is 0 Å². The SMILES string of the molecule is N=C(/C(=C1\NC(c2cccc(-c3nc(-c4ccccc4)cc(-c4ccc5c6ccccc6c6ccccc6c5c4)n3)c2)=Cc2ccccc21)c1ccccc1)c1ccccc1. The van der Waals surface area contributed by atoms with Gasteiger partial charge in [0.05, 0.1) is 22.8 Å². The monoisotopic (exact) mass is 778 g/mol. The lowest BCUT2D eigenvalue weighted by atomic mass is 9.88. The van der Waals surface area contributed by atoms with Crippen molar-refractivity contribution in [2.45, 2.75) is 0 Å². The maximum Gasteiger partial charge on any atom is 0.160 e. The van der Waals surface area contributed by atoms with Crippen molar-refractivity contribution >= 4 is 61.1 Å². The van der Waals surface area contributed by atoms with Gasteiger partial charge in [0.2, 0.25) is 0 Å². The number of hydrogen-bond acceptors (Lipinski definition) is 4. The van der Waals surface area contributed by atoms with Crippen molar-refractivity contribution in [3.05, 3.63) is 240 Å². The molecule has 0 radical (unpaired) electrons. The molecule has 0 amide bonds. The highest BCUT2D eigenvalue weighted by molar-refractivity contribution is 6.36. The summed E-state index contributed by atoms with van der Waals surface area (Å²) in [6, 6.07) is 73.6. The van der Waals surface area contributed by atoms with Gasteiger partial charge < -0.3 is 5.32 Å². The fourth-order valence-electron chi connectivity index (χ4n) is 8.74. The van der Waals surface area contributed by atoms with Crippen LogP contribution in [0.15, 0.2) is 212 Å². The third-order valence-electron chi connectivity index (χ3n) is 11.7. The summed E-state index contributed by atoms with van der Waals surface area (Å²) in [5.74, 6) is 0.644. The number of rotatable bonds is 7. The Labute approximate surface area is 354 Å². The highest BCUT2D eigenvalue weighted by Crippen LogP contribution is 2.39. The first kappa shape index (κ1) is 35.9. The molecule has 10 aromatic rings. The van der Waals surface area contributed by atoms with E-state index < -0.39 is 0 Å². The van der Waals surface area contributed by atoms with Crippen LogP contribution in [-0.2, 0) is 0 Å². The Morgan fingerprint density at radius 1 is 0.393 bits per heavy atom. The fraction of sp³-hybridized carbons (Fsp3) is 0. The molecule has 4 heteroatoms. The molecule has 1 aliphatic rings. The second-order valence-electron chi connectivity index (χ2n) is 15.4. The van der Waals surface area contributed by atoms with Gasteiger partial charge in [0, 0.05) is 39.1 Å². The third kappa shape index (κ3) is 6.57. The number of benzene rings is 9. The zero-order valence-corrected chi connectivity index (χ0v) is 33.2. The summed E-state index contributed by atoms with van der Waals surface area (Å²) in [7, 11) is 0. The van der Waals surface area contributed by atoms with E-state index >= 15 is 0 Å². The summed E-state index contributed by atoms with van der Waals surface area (Å²) in [6.07, 6.45) is 2.20. The predicted molar refractivity (Wildman–Crippen MR) is 255 cm³/mol. The molecule has 0 aliphatic carbocycles. The van der Waals surface area contributed by atoms with Gasteiger partial charge in [-0.05, 0) is 73.3 Å². The van der Waals surface area contributed by atoms with Gasteiger partial charge >= 0.3 is 0 Å². The fourth-order valence-corrected chi connectivity index (χ4v) is 8.74. The maximum atomic E-state index is 9.59. The summed E-state index contributed by atoms with van der Waals surface area (Å²) in [5.41, 5.74) is 12.7. The molecular formula is C57H38N4. The van der Waals surface area contributed by atoms with E-state index in [9.17, 15) is 5.41 Å². The van der Waals surface area contributed by atoms with Crippen LogP contribution in [0.4, 0.5) is 0 Å². The van der Waals surface area contributed by atoms with Crippen molar-refractivity contribution in [1.29, 1.82) is 5.41 Å². The van der Waals surface area contributed by atoms with Gasteiger partial charge in [0.25, 0.3) is 0 Å². The third-order valence-corrected chi connectivity index (χ3v) is 11.7. The van der Waals surface area contributed by atoms with Gasteiger partial charge in [0.1, 0.15) is 0 Å². The maximum absolute atomic E-state index is 9.59. The van der Waals surface area contributed by atoms with Crippen molar-refractivity contribution in [3.63, 3.8) is 0 Å². The van der Waals surface area contributed by atoms with E-state index in [2.05, 4.69) is 169 Å². The first-order valence-electron chi connectivity index (χ1n) is 20.6. The molecule has 0 atom stereocenters. The zero-order valence-electron chi connectivity index (χ0n) is 33.2. The average Bonchev–Trinajstić information content (AvgIpc) is 3.34. The molecular weight excluding hydrogens is 741 g/mol. The van der Waals surface area contributed by atoms with E-state index in [1.165, 1.54) is 32.3 Å². The first-order valence-corrected chi connectivity index (χ1v) is 20.6. The van der Waals surface area contributed by atoms with Crippen LogP contribution in [0.1, 0.15) is 27.8 Å². The van der Waals surface area contributed by atoms with E-state index in [-0.39, 0.29) is 0 Å². The number of fused-ring (bicyclic) bond motifs is 7. The summed E-state index contributed by atoms with van der Waals surface area (Å²) in [4.78, 5) is 10.5. The van der Waals surface area contributed by atoms with Gasteiger partial charge in [0.15, 0.2) is 5.82 Å². The van der Waals surface area contributed by atoms with Crippen LogP contribution in [-0.4, -0.2) is 15.7 Å². The normalized spacial score (nSPS) is 13.1. The molecule has 0 spiro atoms. The zero-order chi connectivity index (χ0) is 40.7. The van der Waals surface area contributed by atoms with Crippen LogP contribution < -0.4 is 5.32 Å². The minimum atomic E-state index is 0.452. The Morgan fingerprint density at radius 3 is 1.61 bits per heavy atom. The molecule has 0 saturated heterocycles. The molecule has 0 fully saturated rings. The van der Waals surface area contributed by atoms with E-state index in [0.717, 1.165) is 72.9 Å². The van der Waals surface area contributed by atoms with Gasteiger partial charge in [-0.15, -0.1) is 0 Å². The largest absolute Gasteiger partial charge is 0.354 e. The number of nitrogens with zero attached hydrogens (tertiary/aromatic N) is 2. The molecule has 11 rings (SSSR count). The highest BCUT2D eigenvalue weighted by atomic mass is 14.9. The molecule has 0 unspecified atom stereocenters. The Bertz CT molecular complexity index is 3350. The smallest absolute Gasteiger partial charge is 0.160 e. The second kappa shape index (κ2) is 15.2. The number of nitrogens with one attached hydrogen (secondary N) is 2. The molecule has 2 heterocycles.